The highest BCUT2D eigenvalue weighted by atomic mass is 32.2. The minimum absolute atomic E-state index is 0.0434. The Hall–Kier alpha value is -2.19. The van der Waals surface area contributed by atoms with Crippen LogP contribution in [0, 0.1) is 5.82 Å². The predicted octanol–water partition coefficient (Wildman–Crippen LogP) is 1.83. The molecule has 0 atom stereocenters. The normalized spacial score (nSPS) is 14.5. The second kappa shape index (κ2) is 6.74. The van der Waals surface area contributed by atoms with Gasteiger partial charge in [0.15, 0.2) is 5.76 Å². The molecule has 0 saturated heterocycles. The topological polar surface area (TPSA) is 88.4 Å². The van der Waals surface area contributed by atoms with Crippen LogP contribution in [0.15, 0.2) is 45.9 Å². The van der Waals surface area contributed by atoms with E-state index in [4.69, 9.17) is 4.42 Å². The Balaban J connectivity index is 1.57. The summed E-state index contributed by atoms with van der Waals surface area (Å²) in [7, 11) is -3.73. The maximum Gasteiger partial charge on any atom is 0.287 e. The number of carbonyl (C=O) groups excluding carboxylic acids is 1. The van der Waals surface area contributed by atoms with Gasteiger partial charge in [0.1, 0.15) is 5.82 Å². The van der Waals surface area contributed by atoms with Crippen molar-refractivity contribution in [3.05, 3.63) is 53.5 Å². The van der Waals surface area contributed by atoms with Gasteiger partial charge in [-0.2, -0.15) is 0 Å². The zero-order chi connectivity index (χ0) is 17.2. The first-order valence-corrected chi connectivity index (χ1v) is 9.08. The summed E-state index contributed by atoms with van der Waals surface area (Å²) in [6.07, 6.45) is 1.94. The Morgan fingerprint density at radius 3 is 2.67 bits per heavy atom. The predicted molar refractivity (Wildman–Crippen MR) is 84.5 cm³/mol. The first kappa shape index (κ1) is 16.7. The average molecular weight is 352 g/mol. The molecular weight excluding hydrogens is 335 g/mol. The number of rotatable bonds is 7. The number of hydrogen-bond donors (Lipinski definition) is 2. The first-order valence-electron chi connectivity index (χ1n) is 7.59. The van der Waals surface area contributed by atoms with Crippen LogP contribution in [-0.4, -0.2) is 26.9 Å². The number of benzene rings is 1. The molecule has 1 heterocycles. The van der Waals surface area contributed by atoms with Crippen LogP contribution in [0.5, 0.6) is 0 Å². The van der Waals surface area contributed by atoms with E-state index in [0.29, 0.717) is 12.0 Å². The highest BCUT2D eigenvalue weighted by Gasteiger charge is 2.30. The molecule has 0 spiro atoms. The van der Waals surface area contributed by atoms with Crippen molar-refractivity contribution < 1.29 is 22.0 Å². The Bertz CT molecular complexity index is 843. The van der Waals surface area contributed by atoms with E-state index in [0.717, 1.165) is 12.8 Å². The maximum absolute atomic E-state index is 13.5. The summed E-state index contributed by atoms with van der Waals surface area (Å²) in [5, 5.41) is 2.29. The maximum atomic E-state index is 13.5. The van der Waals surface area contributed by atoms with Crippen LogP contribution in [0.2, 0.25) is 0 Å². The van der Waals surface area contributed by atoms with Crippen LogP contribution in [0.4, 0.5) is 4.39 Å². The largest absolute Gasteiger partial charge is 0.438 e. The summed E-state index contributed by atoms with van der Waals surface area (Å²) < 4.78 is 45.0. The Morgan fingerprint density at radius 1 is 1.21 bits per heavy atom. The minimum Gasteiger partial charge on any atom is -0.438 e. The van der Waals surface area contributed by atoms with Gasteiger partial charge in [-0.25, -0.2) is 17.5 Å². The van der Waals surface area contributed by atoms with Gasteiger partial charge in [-0.1, -0.05) is 18.2 Å². The van der Waals surface area contributed by atoms with Crippen molar-refractivity contribution in [2.24, 2.45) is 0 Å². The molecule has 3 rings (SSSR count). The SMILES string of the molecule is O=C(NCCc1ccccc1F)c1ccc(S(=O)(=O)NC2CC2)o1. The lowest BCUT2D eigenvalue weighted by Crippen LogP contribution is -2.26. The fourth-order valence-electron chi connectivity index (χ4n) is 2.16. The summed E-state index contributed by atoms with van der Waals surface area (Å²) in [5.41, 5.74) is 0.495. The number of furan rings is 1. The van der Waals surface area contributed by atoms with E-state index in [-0.39, 0.29) is 29.3 Å². The van der Waals surface area contributed by atoms with Crippen molar-refractivity contribution in [1.29, 1.82) is 0 Å². The first-order chi connectivity index (χ1) is 11.5. The standard InChI is InChI=1S/C16H17FN2O4S/c17-13-4-2-1-3-11(13)9-10-18-16(20)14-7-8-15(23-14)24(21,22)19-12-5-6-12/h1-4,7-8,12,19H,5-6,9-10H2,(H,18,20). The summed E-state index contributed by atoms with van der Waals surface area (Å²) in [6, 6.07) is 8.82. The molecule has 128 valence electrons. The molecule has 1 saturated carbocycles. The van der Waals surface area contributed by atoms with E-state index in [9.17, 15) is 17.6 Å². The van der Waals surface area contributed by atoms with Gasteiger partial charge in [-0.05, 0) is 43.0 Å². The molecule has 2 N–H and O–H groups in total. The van der Waals surface area contributed by atoms with Gasteiger partial charge in [0.05, 0.1) is 0 Å². The molecule has 8 heteroatoms. The zero-order valence-corrected chi connectivity index (χ0v) is 13.6. The van der Waals surface area contributed by atoms with Crippen LogP contribution < -0.4 is 10.0 Å². The van der Waals surface area contributed by atoms with Crippen molar-refractivity contribution in [2.45, 2.75) is 30.4 Å². The van der Waals surface area contributed by atoms with Crippen molar-refractivity contribution in [3.8, 4) is 0 Å². The van der Waals surface area contributed by atoms with Crippen molar-refractivity contribution in [3.63, 3.8) is 0 Å². The van der Waals surface area contributed by atoms with Gasteiger partial charge >= 0.3 is 0 Å². The van der Waals surface area contributed by atoms with E-state index in [1.54, 1.807) is 18.2 Å². The molecule has 2 aromatic rings. The fraction of sp³-hybridized carbons (Fsp3) is 0.312. The van der Waals surface area contributed by atoms with Gasteiger partial charge in [0.2, 0.25) is 5.09 Å². The van der Waals surface area contributed by atoms with Crippen LogP contribution in [0.25, 0.3) is 0 Å². The summed E-state index contributed by atoms with van der Waals surface area (Å²) in [4.78, 5) is 12.0. The number of amides is 1. The number of hydrogen-bond acceptors (Lipinski definition) is 4. The second-order valence-corrected chi connectivity index (χ2v) is 7.26. The monoisotopic (exact) mass is 352 g/mol. The highest BCUT2D eigenvalue weighted by molar-refractivity contribution is 7.89. The summed E-state index contributed by atoms with van der Waals surface area (Å²) in [5.74, 6) is -0.969. The van der Waals surface area contributed by atoms with E-state index >= 15 is 0 Å². The lowest BCUT2D eigenvalue weighted by molar-refractivity contribution is 0.0921. The van der Waals surface area contributed by atoms with Gasteiger partial charge in [0, 0.05) is 12.6 Å². The van der Waals surface area contributed by atoms with Crippen LogP contribution in [-0.2, 0) is 16.4 Å². The molecule has 0 aliphatic heterocycles. The molecule has 6 nitrogen and oxygen atoms in total. The Kier molecular flexibility index (Phi) is 4.68. The Labute approximate surface area is 139 Å². The third-order valence-electron chi connectivity index (χ3n) is 3.61. The minimum atomic E-state index is -3.73. The molecule has 1 aromatic heterocycles. The lowest BCUT2D eigenvalue weighted by atomic mass is 10.1. The third-order valence-corrected chi connectivity index (χ3v) is 5.00. The summed E-state index contributed by atoms with van der Waals surface area (Å²) in [6.45, 7) is 0.211. The summed E-state index contributed by atoms with van der Waals surface area (Å²) >= 11 is 0. The molecule has 1 aliphatic rings. The molecular formula is C16H17FN2O4S. The van der Waals surface area contributed by atoms with Crippen LogP contribution in [0.1, 0.15) is 29.0 Å². The zero-order valence-electron chi connectivity index (χ0n) is 12.8. The van der Waals surface area contributed by atoms with E-state index in [2.05, 4.69) is 10.0 Å². The Morgan fingerprint density at radius 2 is 1.96 bits per heavy atom. The molecule has 1 aromatic carbocycles. The molecule has 0 unspecified atom stereocenters. The van der Waals surface area contributed by atoms with Gasteiger partial charge in [-0.3, -0.25) is 4.79 Å². The van der Waals surface area contributed by atoms with Crippen LogP contribution >= 0.6 is 0 Å². The number of nitrogens with one attached hydrogen (secondary N) is 2. The van der Waals surface area contributed by atoms with E-state index < -0.39 is 15.9 Å². The average Bonchev–Trinajstić information content (AvgIpc) is 3.18. The van der Waals surface area contributed by atoms with Crippen molar-refractivity contribution >= 4 is 15.9 Å². The van der Waals surface area contributed by atoms with Crippen molar-refractivity contribution in [1.82, 2.24) is 10.0 Å². The molecule has 1 aliphatic carbocycles. The number of sulfonamides is 1. The number of halogens is 1. The molecule has 0 radical (unpaired) electrons. The molecule has 1 fully saturated rings. The van der Waals surface area contributed by atoms with Gasteiger partial charge in [-0.15, -0.1) is 0 Å². The fourth-order valence-corrected chi connectivity index (χ4v) is 3.40. The molecule has 1 amide bonds. The quantitative estimate of drug-likeness (QED) is 0.796. The number of carbonyl (C=O) groups is 1. The van der Waals surface area contributed by atoms with E-state index in [1.807, 2.05) is 0 Å². The second-order valence-electron chi connectivity index (χ2n) is 5.61. The third kappa shape index (κ3) is 4.01. The van der Waals surface area contributed by atoms with Crippen molar-refractivity contribution in [2.75, 3.05) is 6.54 Å². The van der Waals surface area contributed by atoms with Gasteiger partial charge in [0.25, 0.3) is 15.9 Å². The molecule has 24 heavy (non-hydrogen) atoms. The van der Waals surface area contributed by atoms with Crippen LogP contribution in [0.3, 0.4) is 0 Å². The van der Waals surface area contributed by atoms with Gasteiger partial charge < -0.3 is 9.73 Å². The smallest absolute Gasteiger partial charge is 0.287 e. The van der Waals surface area contributed by atoms with E-state index in [1.165, 1.54) is 18.2 Å². The molecule has 0 bridgehead atoms. The highest BCUT2D eigenvalue weighted by Crippen LogP contribution is 2.23. The lowest BCUT2D eigenvalue weighted by Gasteiger charge is -2.05.